The molecule has 0 aromatic heterocycles. The van der Waals surface area contributed by atoms with Crippen molar-refractivity contribution in [2.45, 2.75) is 270 Å². The second kappa shape index (κ2) is 50.2. The van der Waals surface area contributed by atoms with Crippen molar-refractivity contribution in [3.63, 3.8) is 0 Å². The highest BCUT2D eigenvalue weighted by Gasteiger charge is 2.27. The molecule has 0 aliphatic rings. The molecule has 0 heterocycles. The van der Waals surface area contributed by atoms with Gasteiger partial charge in [-0.15, -0.1) is 0 Å². The van der Waals surface area contributed by atoms with Crippen LogP contribution in [0.25, 0.3) is 0 Å². The van der Waals surface area contributed by atoms with Crippen molar-refractivity contribution in [2.24, 2.45) is 0 Å². The Morgan fingerprint density at radius 1 is 0.500 bits per heavy atom. The van der Waals surface area contributed by atoms with Gasteiger partial charge in [0, 0.05) is 6.42 Å². The van der Waals surface area contributed by atoms with Crippen molar-refractivity contribution in [1.29, 1.82) is 0 Å². The Morgan fingerprint density at radius 2 is 0.853 bits per heavy atom. The Kier molecular flexibility index (Phi) is 48.8. The van der Waals surface area contributed by atoms with E-state index in [0.29, 0.717) is 17.4 Å². The number of amides is 1. The van der Waals surface area contributed by atoms with Crippen LogP contribution in [0.5, 0.6) is 0 Å². The average Bonchev–Trinajstić information content (AvgIpc) is 3.30. The number of carbonyl (C=O) groups is 1. The normalized spacial score (nSPS) is 14.4. The van der Waals surface area contributed by atoms with E-state index in [0.717, 1.165) is 64.2 Å². The summed E-state index contributed by atoms with van der Waals surface area (Å²) in [5.41, 5.74) is 0. The number of carbonyl (C=O) groups excluding carboxylic acids is 1. The zero-order valence-corrected chi connectivity index (χ0v) is 46.2. The van der Waals surface area contributed by atoms with Crippen molar-refractivity contribution >= 4 is 13.7 Å². The van der Waals surface area contributed by atoms with E-state index in [1.54, 1.807) is 6.08 Å². The van der Waals surface area contributed by atoms with Crippen LogP contribution in [-0.2, 0) is 18.4 Å². The predicted molar refractivity (Wildman–Crippen MR) is 295 cm³/mol. The van der Waals surface area contributed by atoms with Crippen LogP contribution < -0.4 is 5.32 Å². The first-order valence-electron chi connectivity index (χ1n) is 28.7. The largest absolute Gasteiger partial charge is 0.472 e. The smallest absolute Gasteiger partial charge is 0.387 e. The maximum absolute atomic E-state index is 13.0. The van der Waals surface area contributed by atoms with Gasteiger partial charge < -0.3 is 19.8 Å². The molecule has 0 saturated heterocycles. The third-order valence-corrected chi connectivity index (χ3v) is 13.7. The average molecular weight is 977 g/mol. The molecule has 398 valence electrons. The summed E-state index contributed by atoms with van der Waals surface area (Å²) in [5, 5.41) is 13.9. The highest BCUT2D eigenvalue weighted by Crippen LogP contribution is 2.43. The lowest BCUT2D eigenvalue weighted by atomic mass is 10.0. The summed E-state index contributed by atoms with van der Waals surface area (Å²) in [6, 6.07) is -0.874. The number of nitrogens with zero attached hydrogens (tertiary/aromatic N) is 1. The predicted octanol–water partition coefficient (Wildman–Crippen LogP) is 17.3. The second-order valence-electron chi connectivity index (χ2n) is 20.7. The van der Waals surface area contributed by atoms with Gasteiger partial charge >= 0.3 is 7.82 Å². The number of hydrogen-bond acceptors (Lipinski definition) is 5. The van der Waals surface area contributed by atoms with Gasteiger partial charge in [-0.3, -0.25) is 13.8 Å². The third kappa shape index (κ3) is 52.0. The molecule has 1 amide bonds. The van der Waals surface area contributed by atoms with E-state index >= 15 is 0 Å². The molecule has 0 aliphatic carbocycles. The fourth-order valence-electron chi connectivity index (χ4n) is 8.18. The molecule has 8 nitrogen and oxygen atoms in total. The van der Waals surface area contributed by atoms with Crippen molar-refractivity contribution in [3.05, 3.63) is 60.8 Å². The number of allylic oxidation sites excluding steroid dienone is 9. The second-order valence-corrected chi connectivity index (χ2v) is 22.1. The van der Waals surface area contributed by atoms with Crippen LogP contribution in [0, 0.1) is 0 Å². The molecule has 0 aliphatic heterocycles. The molecule has 0 aromatic carbocycles. The lowest BCUT2D eigenvalue weighted by Crippen LogP contribution is -2.45. The number of unbranched alkanes of at least 4 members (excludes halogenated alkanes) is 31. The molecule has 9 heteroatoms. The van der Waals surface area contributed by atoms with E-state index in [4.69, 9.17) is 9.05 Å². The molecule has 0 aromatic rings. The van der Waals surface area contributed by atoms with Gasteiger partial charge in [0.05, 0.1) is 39.9 Å². The highest BCUT2D eigenvalue weighted by atomic mass is 31.2. The molecular weight excluding hydrogens is 864 g/mol. The summed E-state index contributed by atoms with van der Waals surface area (Å²) in [7, 11) is 1.54. The van der Waals surface area contributed by atoms with E-state index in [-0.39, 0.29) is 19.1 Å². The highest BCUT2D eigenvalue weighted by molar-refractivity contribution is 7.47. The molecular formula is C59H112N2O6P+. The fraction of sp³-hybridized carbons (Fsp3) is 0.814. The van der Waals surface area contributed by atoms with Crippen molar-refractivity contribution in [2.75, 3.05) is 40.9 Å². The van der Waals surface area contributed by atoms with Crippen LogP contribution >= 0.6 is 7.82 Å². The molecule has 0 bridgehead atoms. The van der Waals surface area contributed by atoms with Gasteiger partial charge in [-0.1, -0.05) is 242 Å². The Balaban J connectivity index is 4.30. The zero-order chi connectivity index (χ0) is 49.9. The molecule has 3 atom stereocenters. The van der Waals surface area contributed by atoms with Gasteiger partial charge in [-0.25, -0.2) is 4.57 Å². The lowest BCUT2D eigenvalue weighted by Gasteiger charge is -2.25. The molecule has 0 saturated carbocycles. The summed E-state index contributed by atoms with van der Waals surface area (Å²) < 4.78 is 23.7. The number of hydrogen-bond donors (Lipinski definition) is 3. The van der Waals surface area contributed by atoms with E-state index in [1.807, 2.05) is 27.2 Å². The number of likely N-dealkylation sites (N-methyl/N-ethyl adjacent to an activating group) is 1. The SMILES string of the molecule is CCCCCCC/C=C\C/C=C\C/C=C\CCCCCCCCC(=O)NC(COP(=O)(O)OCC[N+](C)(C)C)C(O)/C=C/CC/C=C/CCCCCCCCCCCCCCCCCCCCC. The number of rotatable bonds is 52. The summed E-state index contributed by atoms with van der Waals surface area (Å²) in [4.78, 5) is 23.3. The van der Waals surface area contributed by atoms with Gasteiger partial charge in [0.25, 0.3) is 0 Å². The standard InChI is InChI=1S/C59H111N2O6P/c1-6-8-10-12-14-16-18-20-22-24-26-28-29-30-31-33-34-36-38-40-42-44-46-48-50-52-58(62)57(56-67-68(64,65)66-55-54-61(3,4)5)60-59(63)53-51-49-47-45-43-41-39-37-35-32-27-25-23-21-19-17-15-13-11-9-7-2/h19,21,25,27,35,37,42,44,50,52,57-58,62H,6-18,20,22-24,26,28-34,36,38-41,43,45-49,51,53-56H2,1-5H3,(H-,60,63,64,65)/p+1/b21-19-,27-25-,37-35-,44-42+,52-50+. The first kappa shape index (κ1) is 66.2. The number of phosphoric ester groups is 1. The minimum atomic E-state index is -4.36. The van der Waals surface area contributed by atoms with Gasteiger partial charge in [-0.05, 0) is 70.6 Å². The zero-order valence-electron chi connectivity index (χ0n) is 45.3. The molecule has 0 fully saturated rings. The van der Waals surface area contributed by atoms with Crippen molar-refractivity contribution in [1.82, 2.24) is 5.32 Å². The van der Waals surface area contributed by atoms with Gasteiger partial charge in [0.1, 0.15) is 13.2 Å². The van der Waals surface area contributed by atoms with Crippen molar-refractivity contribution < 1.29 is 32.9 Å². The van der Waals surface area contributed by atoms with Gasteiger partial charge in [0.15, 0.2) is 0 Å². The Hall–Kier alpha value is -1.80. The monoisotopic (exact) mass is 976 g/mol. The van der Waals surface area contributed by atoms with Crippen LogP contribution in [0.1, 0.15) is 258 Å². The summed E-state index contributed by atoms with van der Waals surface area (Å²) >= 11 is 0. The summed E-state index contributed by atoms with van der Waals surface area (Å²) in [6.45, 7) is 4.79. The Labute approximate surface area is 422 Å². The molecule has 0 rings (SSSR count). The van der Waals surface area contributed by atoms with Crippen LogP contribution in [-0.4, -0.2) is 73.4 Å². The minimum Gasteiger partial charge on any atom is -0.387 e. The molecule has 0 spiro atoms. The van der Waals surface area contributed by atoms with Crippen LogP contribution in [0.2, 0.25) is 0 Å². The van der Waals surface area contributed by atoms with Crippen molar-refractivity contribution in [3.8, 4) is 0 Å². The Bertz CT molecular complexity index is 1290. The van der Waals surface area contributed by atoms with Crippen LogP contribution in [0.4, 0.5) is 0 Å². The number of aliphatic hydroxyl groups excluding tert-OH is 1. The lowest BCUT2D eigenvalue weighted by molar-refractivity contribution is -0.870. The van der Waals surface area contributed by atoms with Crippen LogP contribution in [0.15, 0.2) is 60.8 Å². The van der Waals surface area contributed by atoms with Crippen LogP contribution in [0.3, 0.4) is 0 Å². The minimum absolute atomic E-state index is 0.0514. The fourth-order valence-corrected chi connectivity index (χ4v) is 8.92. The van der Waals surface area contributed by atoms with E-state index < -0.39 is 20.0 Å². The van der Waals surface area contributed by atoms with Gasteiger partial charge in [-0.2, -0.15) is 0 Å². The Morgan fingerprint density at radius 3 is 1.28 bits per heavy atom. The molecule has 68 heavy (non-hydrogen) atoms. The number of aliphatic hydroxyl groups is 1. The first-order chi connectivity index (χ1) is 33.0. The third-order valence-electron chi connectivity index (χ3n) is 12.7. The summed E-state index contributed by atoms with van der Waals surface area (Å²) in [5.74, 6) is -0.199. The first-order valence-corrected chi connectivity index (χ1v) is 30.2. The topological polar surface area (TPSA) is 105 Å². The molecule has 3 N–H and O–H groups in total. The quantitative estimate of drug-likeness (QED) is 0.0243. The van der Waals surface area contributed by atoms with E-state index in [2.05, 4.69) is 67.8 Å². The molecule has 0 radical (unpaired) electrons. The number of phosphoric acid groups is 1. The molecule has 3 unspecified atom stereocenters. The number of quaternary nitrogens is 1. The maximum atomic E-state index is 13.0. The van der Waals surface area contributed by atoms with E-state index in [9.17, 15) is 19.4 Å². The maximum Gasteiger partial charge on any atom is 0.472 e. The van der Waals surface area contributed by atoms with Gasteiger partial charge in [0.2, 0.25) is 5.91 Å². The number of nitrogens with one attached hydrogen (secondary N) is 1. The van der Waals surface area contributed by atoms with E-state index in [1.165, 1.54) is 173 Å². The summed E-state index contributed by atoms with van der Waals surface area (Å²) in [6.07, 6.45) is 67.5.